The summed E-state index contributed by atoms with van der Waals surface area (Å²) < 4.78 is 1.77. The fourth-order valence-electron chi connectivity index (χ4n) is 2.41. The van der Waals surface area contributed by atoms with Gasteiger partial charge in [0.1, 0.15) is 5.56 Å². The molecule has 2 N–H and O–H groups in total. The van der Waals surface area contributed by atoms with Crippen molar-refractivity contribution in [1.82, 2.24) is 9.47 Å². The first-order chi connectivity index (χ1) is 9.97. The number of pyridine rings is 1. The lowest BCUT2D eigenvalue weighted by Gasteiger charge is -2.17. The summed E-state index contributed by atoms with van der Waals surface area (Å²) in [6.45, 7) is 2.70. The third-order valence-electron chi connectivity index (χ3n) is 3.67. The third kappa shape index (κ3) is 2.77. The van der Waals surface area contributed by atoms with Crippen LogP contribution in [0.1, 0.15) is 30.1 Å². The summed E-state index contributed by atoms with van der Waals surface area (Å²) in [5.74, 6) is -0.255. The van der Waals surface area contributed by atoms with Crippen molar-refractivity contribution in [1.29, 1.82) is 0 Å². The van der Waals surface area contributed by atoms with Gasteiger partial charge in [0.2, 0.25) is 5.43 Å². The highest BCUT2D eigenvalue weighted by molar-refractivity contribution is 6.00. The van der Waals surface area contributed by atoms with Crippen LogP contribution in [0.4, 0.5) is 5.69 Å². The molecular formula is C16H21N3O2. The molecule has 0 radical (unpaired) electrons. The highest BCUT2D eigenvalue weighted by Crippen LogP contribution is 2.18. The molecule has 0 aliphatic carbocycles. The van der Waals surface area contributed by atoms with Crippen molar-refractivity contribution in [2.45, 2.75) is 19.8 Å². The Morgan fingerprint density at radius 1 is 1.38 bits per heavy atom. The fourth-order valence-corrected chi connectivity index (χ4v) is 2.41. The summed E-state index contributed by atoms with van der Waals surface area (Å²) >= 11 is 0. The Labute approximate surface area is 124 Å². The highest BCUT2D eigenvalue weighted by atomic mass is 16.2. The molecule has 5 nitrogen and oxygen atoms in total. The van der Waals surface area contributed by atoms with E-state index in [4.69, 9.17) is 5.73 Å². The quantitative estimate of drug-likeness (QED) is 0.874. The van der Waals surface area contributed by atoms with Crippen molar-refractivity contribution in [2.24, 2.45) is 7.05 Å². The molecule has 0 spiro atoms. The Kier molecular flexibility index (Phi) is 4.31. The first kappa shape index (κ1) is 15.1. The van der Waals surface area contributed by atoms with Gasteiger partial charge in [0.05, 0.1) is 10.9 Å². The Morgan fingerprint density at radius 3 is 2.76 bits per heavy atom. The van der Waals surface area contributed by atoms with Crippen LogP contribution in [0.3, 0.4) is 0 Å². The fraction of sp³-hybridized carbons (Fsp3) is 0.375. The van der Waals surface area contributed by atoms with E-state index in [1.54, 1.807) is 34.8 Å². The van der Waals surface area contributed by atoms with Crippen LogP contribution in [0.25, 0.3) is 10.9 Å². The number of carbonyl (C=O) groups is 1. The zero-order valence-electron chi connectivity index (χ0n) is 12.7. The second-order valence-corrected chi connectivity index (χ2v) is 5.30. The smallest absolute Gasteiger partial charge is 0.259 e. The largest absolute Gasteiger partial charge is 0.398 e. The zero-order valence-corrected chi connectivity index (χ0v) is 12.7. The number of benzene rings is 1. The van der Waals surface area contributed by atoms with Gasteiger partial charge in [0.15, 0.2) is 0 Å². The minimum Gasteiger partial charge on any atom is -0.398 e. The SMILES string of the molecule is CCCCN(C)C(=O)c1cn(C)c2cccc(N)c2c1=O. The number of nitrogens with zero attached hydrogens (tertiary/aromatic N) is 2. The first-order valence-electron chi connectivity index (χ1n) is 7.10. The molecule has 0 unspecified atom stereocenters. The summed E-state index contributed by atoms with van der Waals surface area (Å²) in [6, 6.07) is 5.30. The molecule has 0 aliphatic rings. The molecule has 0 bridgehead atoms. The maximum Gasteiger partial charge on any atom is 0.259 e. The van der Waals surface area contributed by atoms with Gasteiger partial charge >= 0.3 is 0 Å². The van der Waals surface area contributed by atoms with Gasteiger partial charge in [-0.1, -0.05) is 19.4 Å². The van der Waals surface area contributed by atoms with Crippen LogP contribution in [-0.4, -0.2) is 29.0 Å². The van der Waals surface area contributed by atoms with Gasteiger partial charge in [-0.15, -0.1) is 0 Å². The molecule has 0 saturated carbocycles. The number of carbonyl (C=O) groups excluding carboxylic acids is 1. The van der Waals surface area contributed by atoms with Gasteiger partial charge in [0, 0.05) is 32.5 Å². The average Bonchev–Trinajstić information content (AvgIpc) is 2.47. The molecule has 1 aromatic carbocycles. The van der Waals surface area contributed by atoms with Crippen LogP contribution in [-0.2, 0) is 7.05 Å². The molecule has 112 valence electrons. The molecule has 5 heteroatoms. The van der Waals surface area contributed by atoms with E-state index in [0.717, 1.165) is 18.4 Å². The lowest BCUT2D eigenvalue weighted by molar-refractivity contribution is 0.0791. The summed E-state index contributed by atoms with van der Waals surface area (Å²) in [5.41, 5.74) is 6.92. The van der Waals surface area contributed by atoms with Crippen LogP contribution in [0.15, 0.2) is 29.2 Å². The molecule has 2 aromatic rings. The number of aromatic nitrogens is 1. The van der Waals surface area contributed by atoms with Crippen molar-refractivity contribution >= 4 is 22.5 Å². The lowest BCUT2D eigenvalue weighted by Crippen LogP contribution is -2.32. The van der Waals surface area contributed by atoms with Gasteiger partial charge in [0.25, 0.3) is 5.91 Å². The Bertz CT molecular complexity index is 734. The normalized spacial score (nSPS) is 10.8. The molecule has 21 heavy (non-hydrogen) atoms. The second-order valence-electron chi connectivity index (χ2n) is 5.30. The number of hydrogen-bond donors (Lipinski definition) is 1. The van der Waals surface area contributed by atoms with Crippen LogP contribution >= 0.6 is 0 Å². The number of aryl methyl sites for hydroxylation is 1. The third-order valence-corrected chi connectivity index (χ3v) is 3.67. The van der Waals surface area contributed by atoms with Crippen LogP contribution in [0.2, 0.25) is 0 Å². The number of hydrogen-bond acceptors (Lipinski definition) is 3. The van der Waals surface area contributed by atoms with Crippen LogP contribution in [0, 0.1) is 0 Å². The molecule has 0 fully saturated rings. The van der Waals surface area contributed by atoms with E-state index in [1.807, 2.05) is 13.1 Å². The standard InChI is InChI=1S/C16H21N3O2/c1-4-5-9-18(2)16(21)11-10-19(3)13-8-6-7-12(17)14(13)15(11)20/h6-8,10H,4-5,9,17H2,1-3H3. The molecule has 1 heterocycles. The minimum atomic E-state index is -0.297. The van der Waals surface area contributed by atoms with Crippen LogP contribution < -0.4 is 11.2 Å². The summed E-state index contributed by atoms with van der Waals surface area (Å²) in [4.78, 5) is 26.6. The highest BCUT2D eigenvalue weighted by Gasteiger charge is 2.18. The zero-order chi connectivity index (χ0) is 15.6. The number of rotatable bonds is 4. The van der Waals surface area contributed by atoms with Crippen molar-refractivity contribution < 1.29 is 4.79 Å². The Morgan fingerprint density at radius 2 is 2.10 bits per heavy atom. The molecule has 0 saturated heterocycles. The van der Waals surface area contributed by atoms with Gasteiger partial charge in [-0.25, -0.2) is 0 Å². The molecular weight excluding hydrogens is 266 g/mol. The summed E-state index contributed by atoms with van der Waals surface area (Å²) in [6.07, 6.45) is 3.51. The van der Waals surface area contributed by atoms with Gasteiger partial charge in [-0.3, -0.25) is 9.59 Å². The van der Waals surface area contributed by atoms with Gasteiger partial charge in [-0.2, -0.15) is 0 Å². The van der Waals surface area contributed by atoms with Crippen molar-refractivity contribution in [3.05, 3.63) is 40.2 Å². The van der Waals surface area contributed by atoms with Crippen molar-refractivity contribution in [3.8, 4) is 0 Å². The second kappa shape index (κ2) is 5.99. The van der Waals surface area contributed by atoms with Gasteiger partial charge < -0.3 is 15.2 Å². The summed E-state index contributed by atoms with van der Waals surface area (Å²) in [5, 5.41) is 0.412. The molecule has 1 aromatic heterocycles. The molecule has 0 atom stereocenters. The maximum atomic E-state index is 12.6. The molecule has 2 rings (SSSR count). The number of anilines is 1. The lowest BCUT2D eigenvalue weighted by atomic mass is 10.1. The van der Waals surface area contributed by atoms with E-state index in [0.29, 0.717) is 17.6 Å². The number of nitrogens with two attached hydrogens (primary N) is 1. The molecule has 0 aliphatic heterocycles. The van der Waals surface area contributed by atoms with E-state index < -0.39 is 0 Å². The predicted molar refractivity (Wildman–Crippen MR) is 85.5 cm³/mol. The average molecular weight is 287 g/mol. The van der Waals surface area contributed by atoms with Crippen molar-refractivity contribution in [3.63, 3.8) is 0 Å². The van der Waals surface area contributed by atoms with Gasteiger partial charge in [-0.05, 0) is 18.6 Å². The predicted octanol–water partition coefficient (Wildman–Crippen LogP) is 1.99. The van der Waals surface area contributed by atoms with E-state index in [-0.39, 0.29) is 16.9 Å². The maximum absolute atomic E-state index is 12.6. The van der Waals surface area contributed by atoms with Crippen molar-refractivity contribution in [2.75, 3.05) is 19.3 Å². The Balaban J connectivity index is 2.56. The van der Waals surface area contributed by atoms with E-state index in [2.05, 4.69) is 6.92 Å². The number of fused-ring (bicyclic) bond motifs is 1. The number of amides is 1. The summed E-state index contributed by atoms with van der Waals surface area (Å²) in [7, 11) is 3.53. The first-order valence-corrected chi connectivity index (χ1v) is 7.10. The van der Waals surface area contributed by atoms with Crippen LogP contribution in [0.5, 0.6) is 0 Å². The molecule has 1 amide bonds. The van der Waals surface area contributed by atoms with E-state index in [9.17, 15) is 9.59 Å². The van der Waals surface area contributed by atoms with E-state index >= 15 is 0 Å². The minimum absolute atomic E-state index is 0.168. The monoisotopic (exact) mass is 287 g/mol. The topological polar surface area (TPSA) is 68.3 Å². The van der Waals surface area contributed by atoms with E-state index in [1.165, 1.54) is 0 Å². The number of unbranched alkanes of at least 4 members (excludes halogenated alkanes) is 1. The Hall–Kier alpha value is -2.30. The number of nitrogen functional groups attached to an aromatic ring is 1.